The Kier molecular flexibility index (Phi) is 2.23. The number of hydrogen-bond donors (Lipinski definition) is 0. The summed E-state index contributed by atoms with van der Waals surface area (Å²) >= 11 is 0. The second-order valence-corrected chi connectivity index (χ2v) is 5.59. The second-order valence-electron chi connectivity index (χ2n) is 5.59. The third-order valence-corrected chi connectivity index (χ3v) is 4.36. The standard InChI is InChI=1S/C12H20N2O/c1-13-6-9-5-10(8-13)11-3-2-4-12(15)14(11)7-9/h9-11H,2-8H2,1H3/t9-,10+,11+/m1/s1. The van der Waals surface area contributed by atoms with Crippen LogP contribution in [0.3, 0.4) is 0 Å². The SMILES string of the molecule is CN1C[C@H]2C[C@@H](C1)[C@@H]1CCCC(=O)N1C2. The average Bonchev–Trinajstić information content (AvgIpc) is 2.19. The van der Waals surface area contributed by atoms with Crippen molar-refractivity contribution in [2.75, 3.05) is 26.7 Å². The fraction of sp³-hybridized carbons (Fsp3) is 0.917. The van der Waals surface area contributed by atoms with E-state index >= 15 is 0 Å². The van der Waals surface area contributed by atoms with Crippen molar-refractivity contribution in [2.45, 2.75) is 31.7 Å². The van der Waals surface area contributed by atoms with Crippen LogP contribution in [0.1, 0.15) is 25.7 Å². The van der Waals surface area contributed by atoms with Crippen molar-refractivity contribution in [2.24, 2.45) is 11.8 Å². The highest BCUT2D eigenvalue weighted by molar-refractivity contribution is 5.77. The lowest BCUT2D eigenvalue weighted by molar-refractivity contribution is -0.144. The summed E-state index contributed by atoms with van der Waals surface area (Å²) in [6.45, 7) is 3.42. The molecular formula is C12H20N2O. The van der Waals surface area contributed by atoms with Crippen LogP contribution in [0.4, 0.5) is 0 Å². The van der Waals surface area contributed by atoms with E-state index in [1.807, 2.05) is 0 Å². The number of carbonyl (C=O) groups is 1. The van der Waals surface area contributed by atoms with Gasteiger partial charge in [0, 0.05) is 32.1 Å². The lowest BCUT2D eigenvalue weighted by Gasteiger charge is -2.51. The van der Waals surface area contributed by atoms with E-state index in [0.29, 0.717) is 11.9 Å². The molecular weight excluding hydrogens is 188 g/mol. The Labute approximate surface area is 91.4 Å². The van der Waals surface area contributed by atoms with E-state index in [9.17, 15) is 4.79 Å². The van der Waals surface area contributed by atoms with E-state index < -0.39 is 0 Å². The molecule has 84 valence electrons. The highest BCUT2D eigenvalue weighted by Crippen LogP contribution is 2.37. The number of nitrogens with zero attached hydrogens (tertiary/aromatic N) is 2. The molecule has 0 unspecified atom stereocenters. The normalized spacial score (nSPS) is 41.5. The molecule has 2 bridgehead atoms. The van der Waals surface area contributed by atoms with E-state index in [4.69, 9.17) is 0 Å². The Morgan fingerprint density at radius 1 is 1.27 bits per heavy atom. The van der Waals surface area contributed by atoms with Crippen LogP contribution < -0.4 is 0 Å². The highest BCUT2D eigenvalue weighted by atomic mass is 16.2. The summed E-state index contributed by atoms with van der Waals surface area (Å²) in [5.41, 5.74) is 0. The summed E-state index contributed by atoms with van der Waals surface area (Å²) < 4.78 is 0. The number of piperidine rings is 3. The first-order valence-electron chi connectivity index (χ1n) is 6.22. The first-order chi connectivity index (χ1) is 7.24. The van der Waals surface area contributed by atoms with Crippen LogP contribution in [-0.4, -0.2) is 48.4 Å². The Bertz CT molecular complexity index is 277. The Morgan fingerprint density at radius 3 is 3.00 bits per heavy atom. The van der Waals surface area contributed by atoms with Crippen LogP contribution in [0.15, 0.2) is 0 Å². The van der Waals surface area contributed by atoms with Gasteiger partial charge in [-0.3, -0.25) is 4.79 Å². The third kappa shape index (κ3) is 1.57. The molecule has 3 aliphatic rings. The quantitative estimate of drug-likeness (QED) is 0.592. The summed E-state index contributed by atoms with van der Waals surface area (Å²) in [5.74, 6) is 1.92. The minimum absolute atomic E-state index is 0.422. The molecule has 3 atom stereocenters. The zero-order valence-corrected chi connectivity index (χ0v) is 9.48. The van der Waals surface area contributed by atoms with Gasteiger partial charge in [0.25, 0.3) is 0 Å². The van der Waals surface area contributed by atoms with Crippen LogP contribution in [0, 0.1) is 11.8 Å². The van der Waals surface area contributed by atoms with E-state index in [1.165, 1.54) is 25.9 Å². The summed E-state index contributed by atoms with van der Waals surface area (Å²) in [6, 6.07) is 0.574. The molecule has 0 aromatic carbocycles. The van der Waals surface area contributed by atoms with Gasteiger partial charge in [0.15, 0.2) is 0 Å². The van der Waals surface area contributed by atoms with Gasteiger partial charge in [0.1, 0.15) is 0 Å². The van der Waals surface area contributed by atoms with Crippen molar-refractivity contribution >= 4 is 5.91 Å². The Hall–Kier alpha value is -0.570. The number of fused-ring (bicyclic) bond motifs is 4. The molecule has 15 heavy (non-hydrogen) atoms. The van der Waals surface area contributed by atoms with Gasteiger partial charge in [-0.2, -0.15) is 0 Å². The van der Waals surface area contributed by atoms with Crippen molar-refractivity contribution < 1.29 is 4.79 Å². The zero-order chi connectivity index (χ0) is 10.4. The Morgan fingerprint density at radius 2 is 2.13 bits per heavy atom. The summed E-state index contributed by atoms with van der Waals surface area (Å²) in [6.07, 6.45) is 4.52. The van der Waals surface area contributed by atoms with Crippen LogP contribution in [0.2, 0.25) is 0 Å². The van der Waals surface area contributed by atoms with Crippen LogP contribution in [0.5, 0.6) is 0 Å². The van der Waals surface area contributed by atoms with Gasteiger partial charge in [-0.1, -0.05) is 0 Å². The van der Waals surface area contributed by atoms with Crippen LogP contribution in [0.25, 0.3) is 0 Å². The van der Waals surface area contributed by atoms with Crippen molar-refractivity contribution in [3.8, 4) is 0 Å². The fourth-order valence-electron chi connectivity index (χ4n) is 3.86. The topological polar surface area (TPSA) is 23.6 Å². The van der Waals surface area contributed by atoms with E-state index in [-0.39, 0.29) is 0 Å². The predicted octanol–water partition coefficient (Wildman–Crippen LogP) is 0.949. The smallest absolute Gasteiger partial charge is 0.222 e. The van der Waals surface area contributed by atoms with Crippen LogP contribution >= 0.6 is 0 Å². The van der Waals surface area contributed by atoms with E-state index in [0.717, 1.165) is 31.2 Å². The van der Waals surface area contributed by atoms with Gasteiger partial charge in [-0.05, 0) is 38.1 Å². The van der Waals surface area contributed by atoms with Crippen molar-refractivity contribution in [1.82, 2.24) is 9.80 Å². The molecule has 3 nitrogen and oxygen atoms in total. The average molecular weight is 208 g/mol. The lowest BCUT2D eigenvalue weighted by Crippen LogP contribution is -2.59. The molecule has 0 spiro atoms. The summed E-state index contributed by atoms with van der Waals surface area (Å²) in [4.78, 5) is 16.5. The van der Waals surface area contributed by atoms with Gasteiger partial charge in [-0.15, -0.1) is 0 Å². The van der Waals surface area contributed by atoms with Gasteiger partial charge in [-0.25, -0.2) is 0 Å². The molecule has 3 aliphatic heterocycles. The lowest BCUT2D eigenvalue weighted by atomic mass is 9.76. The van der Waals surface area contributed by atoms with Gasteiger partial charge in [0.2, 0.25) is 5.91 Å². The number of rotatable bonds is 0. The second kappa shape index (κ2) is 3.48. The molecule has 0 N–H and O–H groups in total. The highest BCUT2D eigenvalue weighted by Gasteiger charge is 2.42. The maximum atomic E-state index is 11.9. The number of hydrogen-bond acceptors (Lipinski definition) is 2. The van der Waals surface area contributed by atoms with Gasteiger partial charge < -0.3 is 9.80 Å². The largest absolute Gasteiger partial charge is 0.339 e. The first kappa shape index (κ1) is 9.64. The van der Waals surface area contributed by atoms with Crippen molar-refractivity contribution in [3.63, 3.8) is 0 Å². The number of carbonyl (C=O) groups excluding carboxylic acids is 1. The van der Waals surface area contributed by atoms with Crippen molar-refractivity contribution in [3.05, 3.63) is 0 Å². The molecule has 0 aliphatic carbocycles. The van der Waals surface area contributed by atoms with Gasteiger partial charge in [0.05, 0.1) is 0 Å². The maximum Gasteiger partial charge on any atom is 0.222 e. The molecule has 3 saturated heterocycles. The maximum absolute atomic E-state index is 11.9. The molecule has 3 rings (SSSR count). The first-order valence-corrected chi connectivity index (χ1v) is 6.22. The molecule has 3 heteroatoms. The number of amides is 1. The fourth-order valence-corrected chi connectivity index (χ4v) is 3.86. The molecule has 0 aromatic heterocycles. The summed E-state index contributed by atoms with van der Waals surface area (Å²) in [5, 5.41) is 0. The predicted molar refractivity (Wildman–Crippen MR) is 58.4 cm³/mol. The van der Waals surface area contributed by atoms with Crippen molar-refractivity contribution in [1.29, 1.82) is 0 Å². The summed E-state index contributed by atoms with van der Waals surface area (Å²) in [7, 11) is 2.22. The van der Waals surface area contributed by atoms with Gasteiger partial charge >= 0.3 is 0 Å². The molecule has 3 heterocycles. The third-order valence-electron chi connectivity index (χ3n) is 4.36. The van der Waals surface area contributed by atoms with E-state index in [1.54, 1.807) is 0 Å². The monoisotopic (exact) mass is 208 g/mol. The van der Waals surface area contributed by atoms with Crippen LogP contribution in [-0.2, 0) is 4.79 Å². The number of likely N-dealkylation sites (tertiary alicyclic amines) is 1. The zero-order valence-electron chi connectivity index (χ0n) is 9.48. The molecule has 0 aromatic rings. The molecule has 3 fully saturated rings. The van der Waals surface area contributed by atoms with E-state index in [2.05, 4.69) is 16.8 Å². The molecule has 1 amide bonds. The molecule has 0 saturated carbocycles. The Balaban J connectivity index is 1.82. The minimum Gasteiger partial charge on any atom is -0.339 e. The molecule has 0 radical (unpaired) electrons. The minimum atomic E-state index is 0.422.